The van der Waals surface area contributed by atoms with Crippen molar-refractivity contribution in [2.24, 2.45) is 0 Å². The third kappa shape index (κ3) is 2.77. The second kappa shape index (κ2) is 6.67. The number of piperidine rings is 1. The molecule has 0 bridgehead atoms. The lowest BCUT2D eigenvalue weighted by atomic mass is 9.71. The van der Waals surface area contributed by atoms with Crippen molar-refractivity contribution >= 4 is 17.2 Å². The van der Waals surface area contributed by atoms with Crippen LogP contribution in [0.4, 0.5) is 0 Å². The molecule has 0 N–H and O–H groups in total. The Hall–Kier alpha value is -1.69. The molecule has 3 heterocycles. The van der Waals surface area contributed by atoms with Gasteiger partial charge < -0.3 is 4.90 Å². The van der Waals surface area contributed by atoms with Crippen molar-refractivity contribution < 1.29 is 4.79 Å². The standard InChI is InChI=1S/C18H24N4OS/c23-17(18(8-2-1-3-9-18)16-5-4-12-24-16)21-10-6-15(7-11-21)22-14-19-13-20-22/h4-5,12-15H,1-3,6-11H2. The van der Waals surface area contributed by atoms with Crippen LogP contribution in [0.1, 0.15) is 55.9 Å². The molecule has 2 aromatic heterocycles. The van der Waals surface area contributed by atoms with E-state index in [1.165, 1.54) is 24.1 Å². The summed E-state index contributed by atoms with van der Waals surface area (Å²) < 4.78 is 1.94. The highest BCUT2D eigenvalue weighted by Gasteiger charge is 2.44. The van der Waals surface area contributed by atoms with Crippen LogP contribution >= 0.6 is 11.3 Å². The third-order valence-electron chi connectivity index (χ3n) is 5.67. The van der Waals surface area contributed by atoms with E-state index in [9.17, 15) is 4.79 Å². The molecule has 1 aliphatic heterocycles. The van der Waals surface area contributed by atoms with E-state index in [-0.39, 0.29) is 5.41 Å². The number of likely N-dealkylation sites (tertiary alicyclic amines) is 1. The summed E-state index contributed by atoms with van der Waals surface area (Å²) in [5, 5.41) is 6.36. The second-order valence-electron chi connectivity index (χ2n) is 7.02. The molecular weight excluding hydrogens is 320 g/mol. The van der Waals surface area contributed by atoms with Crippen LogP contribution in [0.5, 0.6) is 0 Å². The molecular formula is C18H24N4OS. The molecule has 1 saturated carbocycles. The van der Waals surface area contributed by atoms with Crippen LogP contribution in [0, 0.1) is 0 Å². The minimum absolute atomic E-state index is 0.257. The first kappa shape index (κ1) is 15.8. The molecule has 1 saturated heterocycles. The quantitative estimate of drug-likeness (QED) is 0.857. The van der Waals surface area contributed by atoms with Gasteiger partial charge in [0, 0.05) is 18.0 Å². The highest BCUT2D eigenvalue weighted by Crippen LogP contribution is 2.43. The minimum atomic E-state index is -0.257. The lowest BCUT2D eigenvalue weighted by molar-refractivity contribution is -0.140. The van der Waals surface area contributed by atoms with Crippen molar-refractivity contribution in [3.05, 3.63) is 35.0 Å². The Kier molecular flexibility index (Phi) is 4.39. The van der Waals surface area contributed by atoms with E-state index in [0.717, 1.165) is 38.8 Å². The van der Waals surface area contributed by atoms with Crippen LogP contribution < -0.4 is 0 Å². The number of rotatable bonds is 3. The van der Waals surface area contributed by atoms with Gasteiger partial charge in [0.15, 0.2) is 0 Å². The summed E-state index contributed by atoms with van der Waals surface area (Å²) >= 11 is 1.75. The topological polar surface area (TPSA) is 51.0 Å². The number of aromatic nitrogens is 3. The highest BCUT2D eigenvalue weighted by atomic mass is 32.1. The lowest BCUT2D eigenvalue weighted by Gasteiger charge is -2.41. The van der Waals surface area contributed by atoms with Gasteiger partial charge in [0.05, 0.1) is 11.5 Å². The van der Waals surface area contributed by atoms with Gasteiger partial charge in [-0.2, -0.15) is 5.10 Å². The van der Waals surface area contributed by atoms with Gasteiger partial charge in [-0.05, 0) is 37.1 Å². The van der Waals surface area contributed by atoms with Gasteiger partial charge in [0.25, 0.3) is 0 Å². The lowest BCUT2D eigenvalue weighted by Crippen LogP contribution is -2.50. The molecule has 0 spiro atoms. The van der Waals surface area contributed by atoms with Gasteiger partial charge in [0.2, 0.25) is 5.91 Å². The van der Waals surface area contributed by atoms with E-state index in [1.54, 1.807) is 24.0 Å². The first-order chi connectivity index (χ1) is 11.8. The third-order valence-corrected chi connectivity index (χ3v) is 6.75. The largest absolute Gasteiger partial charge is 0.342 e. The van der Waals surface area contributed by atoms with E-state index in [2.05, 4.69) is 32.5 Å². The molecule has 5 nitrogen and oxygen atoms in total. The monoisotopic (exact) mass is 344 g/mol. The summed E-state index contributed by atoms with van der Waals surface area (Å²) in [7, 11) is 0. The Morgan fingerprint density at radius 2 is 2.00 bits per heavy atom. The number of hydrogen-bond donors (Lipinski definition) is 0. The molecule has 0 atom stereocenters. The van der Waals surface area contributed by atoms with Crippen molar-refractivity contribution in [3.63, 3.8) is 0 Å². The van der Waals surface area contributed by atoms with Crippen molar-refractivity contribution in [2.45, 2.75) is 56.4 Å². The van der Waals surface area contributed by atoms with E-state index >= 15 is 0 Å². The summed E-state index contributed by atoms with van der Waals surface area (Å²) in [6, 6.07) is 4.62. The van der Waals surface area contributed by atoms with Gasteiger partial charge in [-0.15, -0.1) is 11.3 Å². The Morgan fingerprint density at radius 1 is 1.21 bits per heavy atom. The number of hydrogen-bond acceptors (Lipinski definition) is 4. The molecule has 24 heavy (non-hydrogen) atoms. The van der Waals surface area contributed by atoms with Crippen molar-refractivity contribution in [1.29, 1.82) is 0 Å². The van der Waals surface area contributed by atoms with Gasteiger partial charge in [0.1, 0.15) is 12.7 Å². The predicted octanol–water partition coefficient (Wildman–Crippen LogP) is 3.41. The average Bonchev–Trinajstić information content (AvgIpc) is 3.35. The first-order valence-corrected chi connectivity index (χ1v) is 9.85. The van der Waals surface area contributed by atoms with Crippen LogP contribution in [-0.2, 0) is 10.2 Å². The summed E-state index contributed by atoms with van der Waals surface area (Å²) in [5.41, 5.74) is -0.257. The summed E-state index contributed by atoms with van der Waals surface area (Å²) in [6.45, 7) is 1.66. The van der Waals surface area contributed by atoms with Gasteiger partial charge in [-0.1, -0.05) is 25.3 Å². The normalized spacial score (nSPS) is 21.8. The van der Waals surface area contributed by atoms with Gasteiger partial charge >= 0.3 is 0 Å². The van der Waals surface area contributed by atoms with Crippen molar-refractivity contribution in [3.8, 4) is 0 Å². The molecule has 1 aliphatic carbocycles. The molecule has 2 aliphatic rings. The van der Waals surface area contributed by atoms with Crippen molar-refractivity contribution in [1.82, 2.24) is 19.7 Å². The number of thiophene rings is 1. The summed E-state index contributed by atoms with van der Waals surface area (Å²) in [5.74, 6) is 0.363. The van der Waals surface area contributed by atoms with Crippen LogP contribution in [0.15, 0.2) is 30.2 Å². The van der Waals surface area contributed by atoms with Crippen LogP contribution in [0.25, 0.3) is 0 Å². The Morgan fingerprint density at radius 3 is 2.62 bits per heavy atom. The van der Waals surface area contributed by atoms with E-state index in [1.807, 2.05) is 4.68 Å². The van der Waals surface area contributed by atoms with Gasteiger partial charge in [-0.3, -0.25) is 4.79 Å². The fourth-order valence-electron chi connectivity index (χ4n) is 4.31. The smallest absolute Gasteiger partial charge is 0.234 e. The SMILES string of the molecule is O=C(N1CCC(n2cncn2)CC1)C1(c2cccs2)CCCCC1. The summed E-state index contributed by atoms with van der Waals surface area (Å²) in [4.78, 5) is 20.9. The van der Waals surface area contributed by atoms with Crippen LogP contribution in [0.2, 0.25) is 0 Å². The van der Waals surface area contributed by atoms with E-state index < -0.39 is 0 Å². The van der Waals surface area contributed by atoms with Gasteiger partial charge in [-0.25, -0.2) is 9.67 Å². The zero-order valence-electron chi connectivity index (χ0n) is 13.9. The number of carbonyl (C=O) groups is 1. The zero-order valence-corrected chi connectivity index (χ0v) is 14.7. The number of carbonyl (C=O) groups excluding carboxylic acids is 1. The molecule has 6 heteroatoms. The van der Waals surface area contributed by atoms with Crippen LogP contribution in [0.3, 0.4) is 0 Å². The Balaban J connectivity index is 1.50. The predicted molar refractivity (Wildman–Crippen MR) is 94.0 cm³/mol. The molecule has 0 unspecified atom stereocenters. The highest BCUT2D eigenvalue weighted by molar-refractivity contribution is 7.10. The molecule has 2 fully saturated rings. The molecule has 2 aromatic rings. The second-order valence-corrected chi connectivity index (χ2v) is 7.97. The maximum Gasteiger partial charge on any atom is 0.234 e. The first-order valence-electron chi connectivity index (χ1n) is 8.97. The zero-order chi connectivity index (χ0) is 16.4. The average molecular weight is 344 g/mol. The Bertz CT molecular complexity index is 653. The number of amides is 1. The molecule has 0 aromatic carbocycles. The van der Waals surface area contributed by atoms with Crippen molar-refractivity contribution in [2.75, 3.05) is 13.1 Å². The Labute approximate surface area is 146 Å². The van der Waals surface area contributed by atoms with E-state index in [4.69, 9.17) is 0 Å². The molecule has 128 valence electrons. The molecule has 1 amide bonds. The fourth-order valence-corrected chi connectivity index (χ4v) is 5.29. The minimum Gasteiger partial charge on any atom is -0.342 e. The maximum atomic E-state index is 13.5. The number of nitrogens with zero attached hydrogens (tertiary/aromatic N) is 4. The summed E-state index contributed by atoms with van der Waals surface area (Å²) in [6.07, 6.45) is 10.9. The van der Waals surface area contributed by atoms with E-state index in [0.29, 0.717) is 11.9 Å². The maximum absolute atomic E-state index is 13.5. The molecule has 4 rings (SSSR count). The molecule has 0 radical (unpaired) electrons. The van der Waals surface area contributed by atoms with Crippen LogP contribution in [-0.4, -0.2) is 38.7 Å². The fraction of sp³-hybridized carbons (Fsp3) is 0.611.